The Morgan fingerprint density at radius 1 is 0.923 bits per heavy atom. The van der Waals surface area contributed by atoms with Crippen LogP contribution in [0.25, 0.3) is 11.0 Å². The summed E-state index contributed by atoms with van der Waals surface area (Å²) in [5.41, 5.74) is 2.39. The lowest BCUT2D eigenvalue weighted by molar-refractivity contribution is 0.0729. The normalized spacial score (nSPS) is 14.5. The summed E-state index contributed by atoms with van der Waals surface area (Å²) in [7, 11) is 1.63. The summed E-state index contributed by atoms with van der Waals surface area (Å²) in [5.74, 6) is 1.81. The topological polar surface area (TPSA) is 78.2 Å². The number of carbonyl (C=O) groups excluding carboxylic acids is 1. The van der Waals surface area contributed by atoms with Crippen LogP contribution in [0.5, 0.6) is 17.2 Å². The van der Waals surface area contributed by atoms with Crippen LogP contribution in [0, 0.1) is 0 Å². The van der Waals surface area contributed by atoms with Gasteiger partial charge >= 0.3 is 0 Å². The van der Waals surface area contributed by atoms with Crippen molar-refractivity contribution in [2.45, 2.75) is 39.2 Å². The molecule has 1 unspecified atom stereocenters. The first-order valence-electron chi connectivity index (χ1n) is 13.4. The van der Waals surface area contributed by atoms with Gasteiger partial charge in [0, 0.05) is 6.54 Å². The maximum atomic E-state index is 13.8. The van der Waals surface area contributed by atoms with E-state index in [9.17, 15) is 9.59 Å². The van der Waals surface area contributed by atoms with Crippen molar-refractivity contribution in [2.24, 2.45) is 0 Å². The third-order valence-electron chi connectivity index (χ3n) is 7.01. The molecule has 7 heteroatoms. The zero-order valence-corrected chi connectivity index (χ0v) is 22.6. The summed E-state index contributed by atoms with van der Waals surface area (Å²) in [6.45, 7) is 5.47. The maximum Gasteiger partial charge on any atom is 0.290 e. The number of benzene rings is 3. The maximum absolute atomic E-state index is 13.8. The average molecular weight is 528 g/mol. The smallest absolute Gasteiger partial charge is 0.290 e. The van der Waals surface area contributed by atoms with Crippen LogP contribution in [-0.2, 0) is 6.42 Å². The highest BCUT2D eigenvalue weighted by Crippen LogP contribution is 2.41. The van der Waals surface area contributed by atoms with Crippen molar-refractivity contribution >= 4 is 16.9 Å². The average Bonchev–Trinajstić information content (AvgIpc) is 3.24. The number of amides is 1. The van der Waals surface area contributed by atoms with E-state index in [-0.39, 0.29) is 17.1 Å². The number of unbranched alkanes of at least 4 members (excludes halogenated alkanes) is 1. The van der Waals surface area contributed by atoms with Gasteiger partial charge in [0.25, 0.3) is 5.91 Å². The molecule has 0 bridgehead atoms. The van der Waals surface area contributed by atoms with Crippen molar-refractivity contribution < 1.29 is 23.4 Å². The summed E-state index contributed by atoms with van der Waals surface area (Å²) in [4.78, 5) is 29.3. The molecule has 1 aromatic heterocycles. The van der Waals surface area contributed by atoms with Crippen LogP contribution in [-0.4, -0.2) is 37.7 Å². The fourth-order valence-corrected chi connectivity index (χ4v) is 4.99. The molecule has 0 fully saturated rings. The standard InChI is InChI=1S/C32H33NO6/c1-4-6-19-38-26-16-13-22(20-27(26)37-5-2)29-28-30(34)24-9-7-8-10-25(24)39-31(28)32(35)33(29)18-17-21-11-14-23(36-3)15-12-21/h7-16,20,29H,4-6,17-19H2,1-3H3. The van der Waals surface area contributed by atoms with Gasteiger partial charge in [0.2, 0.25) is 5.76 Å². The number of hydrogen-bond donors (Lipinski definition) is 0. The predicted octanol–water partition coefficient (Wildman–Crippen LogP) is 6.17. The van der Waals surface area contributed by atoms with Crippen molar-refractivity contribution in [1.29, 1.82) is 0 Å². The molecular formula is C32H33NO6. The zero-order valence-electron chi connectivity index (χ0n) is 22.6. The van der Waals surface area contributed by atoms with E-state index in [0.717, 1.165) is 29.7 Å². The second-order valence-electron chi connectivity index (χ2n) is 9.51. The van der Waals surface area contributed by atoms with Crippen molar-refractivity contribution in [3.63, 3.8) is 0 Å². The third kappa shape index (κ3) is 5.21. The first-order chi connectivity index (χ1) is 19.0. The molecule has 1 aliphatic heterocycles. The van der Waals surface area contributed by atoms with Crippen molar-refractivity contribution in [1.82, 2.24) is 4.90 Å². The van der Waals surface area contributed by atoms with Crippen LogP contribution < -0.4 is 19.6 Å². The minimum Gasteiger partial charge on any atom is -0.497 e. The minimum atomic E-state index is -0.615. The van der Waals surface area contributed by atoms with Crippen LogP contribution in [0.1, 0.15) is 60.0 Å². The largest absolute Gasteiger partial charge is 0.497 e. The van der Waals surface area contributed by atoms with Crippen molar-refractivity contribution in [3.8, 4) is 17.2 Å². The number of hydrogen-bond acceptors (Lipinski definition) is 6. The highest BCUT2D eigenvalue weighted by Gasteiger charge is 2.42. The van der Waals surface area contributed by atoms with Crippen LogP contribution in [0.3, 0.4) is 0 Å². The Hall–Kier alpha value is -4.26. The van der Waals surface area contributed by atoms with Gasteiger partial charge in [-0.15, -0.1) is 0 Å². The lowest BCUT2D eigenvalue weighted by Crippen LogP contribution is -2.31. The lowest BCUT2D eigenvalue weighted by atomic mass is 9.97. The molecule has 4 aromatic rings. The van der Waals surface area contributed by atoms with E-state index in [1.165, 1.54) is 0 Å². The Kier molecular flexibility index (Phi) is 7.87. The molecule has 39 heavy (non-hydrogen) atoms. The van der Waals surface area contributed by atoms with Gasteiger partial charge in [-0.25, -0.2) is 0 Å². The molecule has 202 valence electrons. The lowest BCUT2D eigenvalue weighted by Gasteiger charge is -2.26. The number of methoxy groups -OCH3 is 1. The molecule has 0 saturated heterocycles. The van der Waals surface area contributed by atoms with Gasteiger partial charge in [0.15, 0.2) is 16.9 Å². The van der Waals surface area contributed by atoms with E-state index < -0.39 is 6.04 Å². The Bertz CT molecular complexity index is 1520. The second kappa shape index (κ2) is 11.6. The SMILES string of the molecule is CCCCOc1ccc(C2c3c(oc4ccccc4c3=O)C(=O)N2CCc2ccc(OC)cc2)cc1OCC. The molecule has 2 heterocycles. The first-order valence-corrected chi connectivity index (χ1v) is 13.4. The summed E-state index contributed by atoms with van der Waals surface area (Å²) in [6.07, 6.45) is 2.56. The molecule has 0 aliphatic carbocycles. The molecule has 3 aromatic carbocycles. The Balaban J connectivity index is 1.57. The van der Waals surface area contributed by atoms with E-state index >= 15 is 0 Å². The number of nitrogens with zero attached hydrogens (tertiary/aromatic N) is 1. The van der Waals surface area contributed by atoms with Crippen LogP contribution in [0.4, 0.5) is 0 Å². The molecule has 1 atom stereocenters. The van der Waals surface area contributed by atoms with Crippen molar-refractivity contribution in [3.05, 3.63) is 99.4 Å². The number of para-hydroxylation sites is 1. The van der Waals surface area contributed by atoms with Crippen LogP contribution in [0.15, 0.2) is 75.9 Å². The molecule has 7 nitrogen and oxygen atoms in total. The van der Waals surface area contributed by atoms with Gasteiger partial charge in [0.05, 0.1) is 37.3 Å². The van der Waals surface area contributed by atoms with Gasteiger partial charge in [-0.2, -0.15) is 0 Å². The van der Waals surface area contributed by atoms with Gasteiger partial charge in [-0.05, 0) is 67.3 Å². The molecule has 1 amide bonds. The Labute approximate surface area is 227 Å². The zero-order chi connectivity index (χ0) is 27.4. The molecule has 1 aliphatic rings. The quantitative estimate of drug-likeness (QED) is 0.217. The molecule has 0 spiro atoms. The highest BCUT2D eigenvalue weighted by molar-refractivity contribution is 5.99. The predicted molar refractivity (Wildman–Crippen MR) is 150 cm³/mol. The molecular weight excluding hydrogens is 494 g/mol. The molecule has 5 rings (SSSR count). The summed E-state index contributed by atoms with van der Waals surface area (Å²) in [5, 5.41) is 0.454. The number of ether oxygens (including phenoxy) is 3. The number of rotatable bonds is 11. The van der Waals surface area contributed by atoms with Crippen molar-refractivity contribution in [2.75, 3.05) is 26.9 Å². The van der Waals surface area contributed by atoms with Crippen LogP contribution in [0.2, 0.25) is 0 Å². The van der Waals surface area contributed by atoms with E-state index in [4.69, 9.17) is 18.6 Å². The van der Waals surface area contributed by atoms with Gasteiger partial charge in [-0.1, -0.05) is 43.7 Å². The minimum absolute atomic E-state index is 0.0969. The van der Waals surface area contributed by atoms with Gasteiger partial charge < -0.3 is 23.5 Å². The van der Waals surface area contributed by atoms with E-state index in [1.807, 2.05) is 49.4 Å². The monoisotopic (exact) mass is 527 g/mol. The Morgan fingerprint density at radius 2 is 1.72 bits per heavy atom. The first kappa shape index (κ1) is 26.4. The highest BCUT2D eigenvalue weighted by atomic mass is 16.5. The molecule has 0 N–H and O–H groups in total. The number of carbonyl (C=O) groups is 1. The fraction of sp³-hybridized carbons (Fsp3) is 0.312. The van der Waals surface area contributed by atoms with Gasteiger partial charge in [0.1, 0.15) is 11.3 Å². The van der Waals surface area contributed by atoms with E-state index in [0.29, 0.717) is 54.2 Å². The van der Waals surface area contributed by atoms with Gasteiger partial charge in [-0.3, -0.25) is 9.59 Å². The fourth-order valence-electron chi connectivity index (χ4n) is 4.99. The van der Waals surface area contributed by atoms with E-state index in [2.05, 4.69) is 6.92 Å². The third-order valence-corrected chi connectivity index (χ3v) is 7.01. The van der Waals surface area contributed by atoms with E-state index in [1.54, 1.807) is 36.3 Å². The molecule has 0 saturated carbocycles. The van der Waals surface area contributed by atoms with Crippen LogP contribution >= 0.6 is 0 Å². The Morgan fingerprint density at radius 3 is 2.46 bits per heavy atom. The summed E-state index contributed by atoms with van der Waals surface area (Å²) < 4.78 is 23.2. The second-order valence-corrected chi connectivity index (χ2v) is 9.51. The molecule has 0 radical (unpaired) electrons. The summed E-state index contributed by atoms with van der Waals surface area (Å²) >= 11 is 0. The number of fused-ring (bicyclic) bond motifs is 2. The summed E-state index contributed by atoms with van der Waals surface area (Å²) in [6, 6.07) is 19.8.